The van der Waals surface area contributed by atoms with Gasteiger partial charge in [-0.2, -0.15) is 5.26 Å². The van der Waals surface area contributed by atoms with Crippen molar-refractivity contribution in [3.05, 3.63) is 75.7 Å². The third-order valence-corrected chi connectivity index (χ3v) is 5.56. The predicted octanol–water partition coefficient (Wildman–Crippen LogP) is 3.25. The minimum absolute atomic E-state index is 0.0215. The third kappa shape index (κ3) is 4.23. The maximum atomic E-state index is 13.1. The zero-order valence-electron chi connectivity index (χ0n) is 18.9. The maximum absolute atomic E-state index is 13.1. The van der Waals surface area contributed by atoms with Crippen molar-refractivity contribution < 1.29 is 28.5 Å². The fourth-order valence-corrected chi connectivity index (χ4v) is 3.87. The van der Waals surface area contributed by atoms with Crippen molar-refractivity contribution in [1.82, 2.24) is 0 Å². The topological polar surface area (TPSA) is 124 Å². The molecule has 10 heteroatoms. The number of hydrogen-bond donors (Lipinski definition) is 1. The van der Waals surface area contributed by atoms with Gasteiger partial charge in [-0.1, -0.05) is 23.7 Å². The highest BCUT2D eigenvalue weighted by molar-refractivity contribution is 6.30. The molecule has 34 heavy (non-hydrogen) atoms. The van der Waals surface area contributed by atoms with Crippen molar-refractivity contribution in [3.63, 3.8) is 0 Å². The van der Waals surface area contributed by atoms with Gasteiger partial charge >= 0.3 is 11.9 Å². The summed E-state index contributed by atoms with van der Waals surface area (Å²) in [6, 6.07) is 13.3. The van der Waals surface area contributed by atoms with Crippen LogP contribution in [0.1, 0.15) is 11.5 Å². The van der Waals surface area contributed by atoms with Crippen molar-refractivity contribution in [1.29, 1.82) is 5.26 Å². The second kappa shape index (κ2) is 10.2. The van der Waals surface area contributed by atoms with Crippen molar-refractivity contribution in [2.45, 2.75) is 5.92 Å². The van der Waals surface area contributed by atoms with Crippen LogP contribution in [0.5, 0.6) is 11.5 Å². The van der Waals surface area contributed by atoms with Gasteiger partial charge in [0, 0.05) is 11.1 Å². The fraction of sp³-hybridized carbons (Fsp3) is 0.208. The van der Waals surface area contributed by atoms with Crippen molar-refractivity contribution >= 4 is 29.2 Å². The summed E-state index contributed by atoms with van der Waals surface area (Å²) in [6.07, 6.45) is 0. The Labute approximate surface area is 201 Å². The number of esters is 2. The first-order chi connectivity index (χ1) is 16.3. The average molecular weight is 484 g/mol. The monoisotopic (exact) mass is 483 g/mol. The number of ether oxygens (including phenoxy) is 4. The Morgan fingerprint density at radius 3 is 2.18 bits per heavy atom. The molecular weight excluding hydrogens is 462 g/mol. The summed E-state index contributed by atoms with van der Waals surface area (Å²) in [4.78, 5) is 27.4. The van der Waals surface area contributed by atoms with E-state index >= 15 is 0 Å². The summed E-state index contributed by atoms with van der Waals surface area (Å²) in [7, 11) is 5.26. The molecule has 1 aliphatic heterocycles. The van der Waals surface area contributed by atoms with Crippen LogP contribution in [0.3, 0.4) is 0 Å². The zero-order chi connectivity index (χ0) is 25.0. The molecule has 1 atom stereocenters. The molecule has 0 saturated carbocycles. The van der Waals surface area contributed by atoms with E-state index in [0.717, 1.165) is 0 Å². The smallest absolute Gasteiger partial charge is 0.355 e. The molecule has 2 aromatic carbocycles. The molecule has 9 nitrogen and oxygen atoms in total. The van der Waals surface area contributed by atoms with Gasteiger partial charge in [0.25, 0.3) is 0 Å². The number of nitriles is 1. The Morgan fingerprint density at radius 1 is 1.00 bits per heavy atom. The van der Waals surface area contributed by atoms with Gasteiger partial charge in [0.2, 0.25) is 0 Å². The van der Waals surface area contributed by atoms with Crippen LogP contribution in [0.2, 0.25) is 5.02 Å². The van der Waals surface area contributed by atoms with E-state index in [4.69, 9.17) is 36.3 Å². The number of halogens is 1. The lowest BCUT2D eigenvalue weighted by molar-refractivity contribution is -0.139. The number of anilines is 1. The summed E-state index contributed by atoms with van der Waals surface area (Å²) in [5.74, 6) is -2.04. The van der Waals surface area contributed by atoms with E-state index in [9.17, 15) is 14.9 Å². The van der Waals surface area contributed by atoms with Crippen molar-refractivity contribution in [2.75, 3.05) is 33.3 Å². The van der Waals surface area contributed by atoms with Crippen LogP contribution in [-0.4, -0.2) is 40.4 Å². The van der Waals surface area contributed by atoms with Gasteiger partial charge in [-0.05, 0) is 29.8 Å². The number of methoxy groups -OCH3 is 4. The van der Waals surface area contributed by atoms with Gasteiger partial charge in [-0.3, -0.25) is 4.90 Å². The Balaban J connectivity index is 2.43. The number of hydrogen-bond acceptors (Lipinski definition) is 9. The van der Waals surface area contributed by atoms with E-state index in [-0.39, 0.29) is 34.1 Å². The Morgan fingerprint density at radius 2 is 1.65 bits per heavy atom. The van der Waals surface area contributed by atoms with E-state index in [1.165, 1.54) is 33.3 Å². The molecular formula is C24H22ClN3O6. The van der Waals surface area contributed by atoms with Crippen LogP contribution in [0.25, 0.3) is 0 Å². The molecule has 0 amide bonds. The first kappa shape index (κ1) is 24.5. The van der Waals surface area contributed by atoms with Gasteiger partial charge in [-0.15, -0.1) is 0 Å². The maximum Gasteiger partial charge on any atom is 0.355 e. The molecule has 0 aromatic heterocycles. The molecule has 0 fully saturated rings. The number of nitrogens with zero attached hydrogens (tertiary/aromatic N) is 2. The van der Waals surface area contributed by atoms with Gasteiger partial charge in [-0.25, -0.2) is 9.59 Å². The Kier molecular flexibility index (Phi) is 7.34. The highest BCUT2D eigenvalue weighted by Crippen LogP contribution is 2.45. The van der Waals surface area contributed by atoms with Crippen LogP contribution in [-0.2, 0) is 19.1 Å². The molecule has 1 aliphatic rings. The highest BCUT2D eigenvalue weighted by Gasteiger charge is 2.43. The van der Waals surface area contributed by atoms with E-state index in [1.54, 1.807) is 42.5 Å². The standard InChI is InChI=1S/C24H22ClN3O6/c1-31-15-9-10-17(18(11-15)32-2)28-21(24(30)34-4)20(23(29)33-3)19(16(12-26)22(28)27)13-5-7-14(25)8-6-13/h5-11,19H,27H2,1-4H3. The second-order valence-electron chi connectivity index (χ2n) is 7.01. The number of benzene rings is 2. The molecule has 0 radical (unpaired) electrons. The molecule has 0 spiro atoms. The molecule has 0 bridgehead atoms. The number of nitrogens with two attached hydrogens (primary N) is 1. The van der Waals surface area contributed by atoms with E-state index in [2.05, 4.69) is 6.07 Å². The predicted molar refractivity (Wildman–Crippen MR) is 124 cm³/mol. The SMILES string of the molecule is COC(=O)C1=C(C(=O)OC)N(c2ccc(OC)cc2OC)C(N)=C(C#N)C1c1ccc(Cl)cc1. The number of rotatable bonds is 6. The number of carbonyl (C=O) groups is 2. The first-order valence-corrected chi connectivity index (χ1v) is 10.3. The lowest BCUT2D eigenvalue weighted by Gasteiger charge is -2.36. The van der Waals surface area contributed by atoms with Crippen LogP contribution in [0.15, 0.2) is 65.1 Å². The average Bonchev–Trinajstić information content (AvgIpc) is 2.87. The summed E-state index contributed by atoms with van der Waals surface area (Å²) in [5, 5.41) is 10.5. The van der Waals surface area contributed by atoms with Gasteiger partial charge < -0.3 is 24.7 Å². The van der Waals surface area contributed by atoms with Gasteiger partial charge in [0.05, 0.1) is 57.3 Å². The lowest BCUT2D eigenvalue weighted by Crippen LogP contribution is -2.40. The zero-order valence-corrected chi connectivity index (χ0v) is 19.7. The molecule has 0 aliphatic carbocycles. The quantitative estimate of drug-likeness (QED) is 0.616. The van der Waals surface area contributed by atoms with Crippen molar-refractivity contribution in [2.24, 2.45) is 5.73 Å². The van der Waals surface area contributed by atoms with Crippen LogP contribution < -0.4 is 20.1 Å². The van der Waals surface area contributed by atoms with Crippen LogP contribution >= 0.6 is 11.6 Å². The highest BCUT2D eigenvalue weighted by atomic mass is 35.5. The van der Waals surface area contributed by atoms with Crippen LogP contribution in [0, 0.1) is 11.3 Å². The fourth-order valence-electron chi connectivity index (χ4n) is 3.74. The number of allylic oxidation sites excluding steroid dienone is 1. The van der Waals surface area contributed by atoms with E-state index in [0.29, 0.717) is 16.3 Å². The molecule has 176 valence electrons. The minimum Gasteiger partial charge on any atom is -0.497 e. The summed E-state index contributed by atoms with van der Waals surface area (Å²) in [6.45, 7) is 0. The molecule has 1 heterocycles. The van der Waals surface area contributed by atoms with Gasteiger partial charge in [0.1, 0.15) is 23.0 Å². The summed E-state index contributed by atoms with van der Waals surface area (Å²) >= 11 is 6.03. The lowest BCUT2D eigenvalue weighted by atomic mass is 9.81. The molecule has 2 N–H and O–H groups in total. The second-order valence-corrected chi connectivity index (χ2v) is 7.45. The normalized spacial score (nSPS) is 15.5. The Bertz CT molecular complexity index is 1230. The first-order valence-electron chi connectivity index (χ1n) is 9.91. The molecule has 3 rings (SSSR count). The molecule has 2 aromatic rings. The van der Waals surface area contributed by atoms with Gasteiger partial charge in [0.15, 0.2) is 0 Å². The Hall–Kier alpha value is -4.16. The summed E-state index contributed by atoms with van der Waals surface area (Å²) < 4.78 is 20.7. The van der Waals surface area contributed by atoms with E-state index < -0.39 is 17.9 Å². The van der Waals surface area contributed by atoms with E-state index in [1.807, 2.05) is 0 Å². The summed E-state index contributed by atoms with van der Waals surface area (Å²) in [5.41, 5.74) is 6.95. The van der Waals surface area contributed by atoms with Crippen molar-refractivity contribution in [3.8, 4) is 17.6 Å². The number of carbonyl (C=O) groups excluding carboxylic acids is 2. The third-order valence-electron chi connectivity index (χ3n) is 5.31. The largest absolute Gasteiger partial charge is 0.497 e. The minimum atomic E-state index is -1.01. The molecule has 0 saturated heterocycles. The molecule has 1 unspecified atom stereocenters. The van der Waals surface area contributed by atoms with Crippen LogP contribution in [0.4, 0.5) is 5.69 Å².